The average molecular weight is 579 g/mol. The number of nitrogens with two attached hydrogens (primary N) is 1. The van der Waals surface area contributed by atoms with Crippen LogP contribution in [-0.4, -0.2) is 50.7 Å². The molecule has 0 bridgehead atoms. The number of imidazole rings is 1. The summed E-state index contributed by atoms with van der Waals surface area (Å²) in [5.41, 5.74) is 6.58. The van der Waals surface area contributed by atoms with E-state index in [0.717, 1.165) is 17.8 Å². The number of pyridine rings is 1. The second kappa shape index (κ2) is 10.9. The minimum absolute atomic E-state index is 0.0315. The number of nitrogens with one attached hydrogen (secondary N) is 2. The van der Waals surface area contributed by atoms with Gasteiger partial charge in [0.1, 0.15) is 17.3 Å². The molecule has 1 saturated heterocycles. The Labute approximate surface area is 241 Å². The molecule has 9 nitrogen and oxygen atoms in total. The Balaban J connectivity index is 1.30. The molecule has 6 rings (SSSR count). The van der Waals surface area contributed by atoms with E-state index in [1.807, 2.05) is 13.0 Å². The molecule has 42 heavy (non-hydrogen) atoms. The Bertz CT molecular complexity index is 1600. The molecule has 3 atom stereocenters. The van der Waals surface area contributed by atoms with E-state index in [0.29, 0.717) is 43.1 Å². The van der Waals surface area contributed by atoms with Crippen molar-refractivity contribution < 1.29 is 18.0 Å². The van der Waals surface area contributed by atoms with E-state index in [2.05, 4.69) is 30.6 Å². The van der Waals surface area contributed by atoms with Gasteiger partial charge in [0.05, 0.1) is 40.5 Å². The highest BCUT2D eigenvalue weighted by atomic mass is 19.1. The lowest BCUT2D eigenvalue weighted by Crippen LogP contribution is -2.61. The molecule has 4 N–H and O–H groups in total. The fourth-order valence-corrected chi connectivity index (χ4v) is 6.29. The van der Waals surface area contributed by atoms with Crippen molar-refractivity contribution in [2.75, 3.05) is 23.3 Å². The largest absolute Gasteiger partial charge is 0.368 e. The van der Waals surface area contributed by atoms with Gasteiger partial charge in [0.2, 0.25) is 11.9 Å². The fourth-order valence-electron chi connectivity index (χ4n) is 6.29. The van der Waals surface area contributed by atoms with Crippen molar-refractivity contribution in [1.82, 2.24) is 24.9 Å². The highest BCUT2D eigenvalue weighted by molar-refractivity contribution is 5.75. The van der Waals surface area contributed by atoms with E-state index in [4.69, 9.17) is 5.73 Å². The van der Waals surface area contributed by atoms with Gasteiger partial charge in [-0.2, -0.15) is 9.61 Å². The van der Waals surface area contributed by atoms with E-state index in [-0.39, 0.29) is 53.6 Å². The Kier molecular flexibility index (Phi) is 7.25. The number of benzene rings is 1. The SMILES string of the molecule is CC(=O)N[C@@H]1[C@H](N)CN(c2ccncc2Nc2ncc3ccc(-c4c(F)cc(C5(F)CCCC5)cc4F)nn23)C[C@@H]1C. The van der Waals surface area contributed by atoms with Gasteiger partial charge < -0.3 is 21.3 Å². The van der Waals surface area contributed by atoms with Gasteiger partial charge in [-0.1, -0.05) is 6.92 Å². The molecule has 0 radical (unpaired) electrons. The molecule has 2 fully saturated rings. The third kappa shape index (κ3) is 5.15. The zero-order valence-corrected chi connectivity index (χ0v) is 23.4. The van der Waals surface area contributed by atoms with Gasteiger partial charge >= 0.3 is 0 Å². The summed E-state index contributed by atoms with van der Waals surface area (Å²) in [7, 11) is 0. The van der Waals surface area contributed by atoms with Crippen molar-refractivity contribution in [3.63, 3.8) is 0 Å². The number of alkyl halides is 1. The van der Waals surface area contributed by atoms with Crippen LogP contribution in [0.5, 0.6) is 0 Å². The maximum atomic E-state index is 15.3. The first-order valence-electron chi connectivity index (χ1n) is 14.2. The second-order valence-corrected chi connectivity index (χ2v) is 11.4. The summed E-state index contributed by atoms with van der Waals surface area (Å²) in [6, 6.07) is 6.80. The molecule has 1 amide bonds. The molecular weight excluding hydrogens is 545 g/mol. The van der Waals surface area contributed by atoms with E-state index >= 15 is 13.2 Å². The monoisotopic (exact) mass is 578 g/mol. The van der Waals surface area contributed by atoms with Crippen molar-refractivity contribution in [2.24, 2.45) is 11.7 Å². The first-order chi connectivity index (χ1) is 20.1. The molecule has 12 heteroatoms. The third-order valence-electron chi connectivity index (χ3n) is 8.36. The molecule has 2 aliphatic rings. The number of rotatable bonds is 6. The number of amides is 1. The predicted molar refractivity (Wildman–Crippen MR) is 154 cm³/mol. The van der Waals surface area contributed by atoms with Crippen LogP contribution < -0.4 is 21.3 Å². The summed E-state index contributed by atoms with van der Waals surface area (Å²) in [6.07, 6.45) is 6.83. The van der Waals surface area contributed by atoms with E-state index < -0.39 is 17.3 Å². The molecule has 1 aliphatic heterocycles. The molecule has 1 aromatic carbocycles. The normalized spacial score (nSPS) is 22.0. The number of hydrogen-bond acceptors (Lipinski definition) is 7. The minimum atomic E-state index is -1.71. The molecule has 220 valence electrons. The molecule has 3 aromatic heterocycles. The topological polar surface area (TPSA) is 113 Å². The number of halogens is 3. The summed E-state index contributed by atoms with van der Waals surface area (Å²) in [5.74, 6) is -1.43. The van der Waals surface area contributed by atoms with Gasteiger partial charge in [-0.25, -0.2) is 18.2 Å². The van der Waals surface area contributed by atoms with Crippen LogP contribution in [0.15, 0.2) is 48.9 Å². The van der Waals surface area contributed by atoms with Gasteiger partial charge in [-0.15, -0.1) is 0 Å². The highest BCUT2D eigenvalue weighted by Crippen LogP contribution is 2.44. The van der Waals surface area contributed by atoms with Crippen LogP contribution in [0.1, 0.15) is 45.1 Å². The van der Waals surface area contributed by atoms with Crippen molar-refractivity contribution in [1.29, 1.82) is 0 Å². The summed E-state index contributed by atoms with van der Waals surface area (Å²) in [5, 5.41) is 10.7. The first-order valence-corrected chi connectivity index (χ1v) is 14.2. The predicted octanol–water partition coefficient (Wildman–Crippen LogP) is 4.84. The summed E-state index contributed by atoms with van der Waals surface area (Å²) in [6.45, 7) is 4.68. The van der Waals surface area contributed by atoms with E-state index in [1.165, 1.54) is 17.5 Å². The lowest BCUT2D eigenvalue weighted by atomic mass is 9.89. The molecule has 0 unspecified atom stereocenters. The van der Waals surface area contributed by atoms with Crippen molar-refractivity contribution in [2.45, 2.75) is 57.3 Å². The zero-order chi connectivity index (χ0) is 29.6. The van der Waals surface area contributed by atoms with Crippen LogP contribution >= 0.6 is 0 Å². The highest BCUT2D eigenvalue weighted by Gasteiger charge is 2.37. The summed E-state index contributed by atoms with van der Waals surface area (Å²) in [4.78, 5) is 22.5. The molecule has 1 saturated carbocycles. The number of carbonyl (C=O) groups excluding carboxylic acids is 1. The van der Waals surface area contributed by atoms with Crippen LogP contribution in [0.4, 0.5) is 30.5 Å². The quantitative estimate of drug-likeness (QED) is 0.300. The Morgan fingerprint density at radius 2 is 1.83 bits per heavy atom. The second-order valence-electron chi connectivity index (χ2n) is 11.4. The number of fused-ring (bicyclic) bond motifs is 1. The number of anilines is 3. The smallest absolute Gasteiger partial charge is 0.229 e. The van der Waals surface area contributed by atoms with Crippen molar-refractivity contribution in [3.8, 4) is 11.3 Å². The Morgan fingerprint density at radius 1 is 1.10 bits per heavy atom. The van der Waals surface area contributed by atoms with Gasteiger partial charge in [0, 0.05) is 38.3 Å². The number of nitrogens with zero attached hydrogens (tertiary/aromatic N) is 5. The summed E-state index contributed by atoms with van der Waals surface area (Å²) >= 11 is 0. The average Bonchev–Trinajstić information content (AvgIpc) is 3.57. The van der Waals surface area contributed by atoms with Gasteiger partial charge in [-0.05, 0) is 67.5 Å². The van der Waals surface area contributed by atoms with Crippen molar-refractivity contribution >= 4 is 28.7 Å². The Morgan fingerprint density at radius 3 is 2.52 bits per heavy atom. The van der Waals surface area contributed by atoms with Crippen LogP contribution in [-0.2, 0) is 10.5 Å². The van der Waals surface area contributed by atoms with E-state index in [9.17, 15) is 4.79 Å². The van der Waals surface area contributed by atoms with Crippen LogP contribution in [0.25, 0.3) is 16.8 Å². The van der Waals surface area contributed by atoms with Gasteiger partial charge in [-0.3, -0.25) is 9.78 Å². The fraction of sp³-hybridized carbons (Fsp3) is 0.400. The third-order valence-corrected chi connectivity index (χ3v) is 8.36. The molecule has 4 aromatic rings. The van der Waals surface area contributed by atoms with Crippen LogP contribution in [0, 0.1) is 17.6 Å². The molecule has 4 heterocycles. The van der Waals surface area contributed by atoms with Gasteiger partial charge in [0.15, 0.2) is 0 Å². The number of carbonyl (C=O) groups is 1. The zero-order valence-electron chi connectivity index (χ0n) is 23.4. The Hall–Kier alpha value is -4.19. The lowest BCUT2D eigenvalue weighted by Gasteiger charge is -2.42. The maximum Gasteiger partial charge on any atom is 0.229 e. The van der Waals surface area contributed by atoms with Crippen LogP contribution in [0.3, 0.4) is 0 Å². The molecular formula is C30H33F3N8O. The molecule has 1 aliphatic carbocycles. The first kappa shape index (κ1) is 28.0. The molecule has 0 spiro atoms. The number of hydrogen-bond donors (Lipinski definition) is 3. The standard InChI is InChI=1S/C30H33F3N8O/c1-17-15-40(16-23(34)28(17)37-18(2)42)26-7-10-35-14-25(26)38-29-36-13-20-5-6-24(39-41(20)29)27-21(31)11-19(12-22(27)32)30(33)8-3-4-9-30/h5-7,10-14,17,23,28H,3-4,8-9,15-16,34H2,1-2H3,(H,36,38)(H,37,42)/t17-,23+,28-/m0/s1. The maximum absolute atomic E-state index is 15.3. The number of aromatic nitrogens is 4. The lowest BCUT2D eigenvalue weighted by molar-refractivity contribution is -0.120. The van der Waals surface area contributed by atoms with E-state index in [1.54, 1.807) is 24.7 Å². The minimum Gasteiger partial charge on any atom is -0.368 e. The van der Waals surface area contributed by atoms with Crippen molar-refractivity contribution in [3.05, 3.63) is 66.1 Å². The van der Waals surface area contributed by atoms with Crippen LogP contribution in [0.2, 0.25) is 0 Å². The van der Waals surface area contributed by atoms with Gasteiger partial charge in [0.25, 0.3) is 0 Å². The summed E-state index contributed by atoms with van der Waals surface area (Å²) < 4.78 is 47.3. The number of piperidine rings is 1.